The molecule has 3 heterocycles. The number of esters is 1. The van der Waals surface area contributed by atoms with E-state index in [0.717, 1.165) is 23.8 Å². The summed E-state index contributed by atoms with van der Waals surface area (Å²) < 4.78 is 17.2. The van der Waals surface area contributed by atoms with E-state index in [4.69, 9.17) is 18.6 Å². The monoisotopic (exact) mass is 425 g/mol. The van der Waals surface area contributed by atoms with Gasteiger partial charge in [-0.25, -0.2) is 14.8 Å². The van der Waals surface area contributed by atoms with Gasteiger partial charge >= 0.3 is 5.97 Å². The molecule has 7 nitrogen and oxygen atoms in total. The lowest BCUT2D eigenvalue weighted by atomic mass is 10.2. The zero-order valence-corrected chi connectivity index (χ0v) is 18.6. The first-order chi connectivity index (χ1) is 13.2. The van der Waals surface area contributed by atoms with E-state index in [2.05, 4.69) is 9.88 Å². The molecule has 0 unspecified atom stereocenters. The molecular weight excluding hydrogens is 398 g/mol. The number of oxazole rings is 2. The van der Waals surface area contributed by atoms with Gasteiger partial charge in [-0.2, -0.15) is 0 Å². The quantitative estimate of drug-likeness (QED) is 0.631. The normalized spacial score (nSPS) is 15.9. The summed E-state index contributed by atoms with van der Waals surface area (Å²) in [5.41, 5.74) is 0.108. The van der Waals surface area contributed by atoms with Crippen LogP contribution in [-0.4, -0.2) is 58.6 Å². The van der Waals surface area contributed by atoms with Crippen LogP contribution < -0.4 is 0 Å². The number of ether oxygens (including phenoxy) is 1. The van der Waals surface area contributed by atoms with Crippen molar-refractivity contribution in [1.82, 2.24) is 14.9 Å². The highest BCUT2D eigenvalue weighted by Gasteiger charge is 2.28. The maximum absolute atomic E-state index is 12.3. The van der Waals surface area contributed by atoms with Crippen LogP contribution >= 0.6 is 23.5 Å². The summed E-state index contributed by atoms with van der Waals surface area (Å²) in [5.74, 6) is 3.40. The number of hydrogen-bond acceptors (Lipinski definition) is 9. The van der Waals surface area contributed by atoms with E-state index in [-0.39, 0.29) is 16.2 Å². The summed E-state index contributed by atoms with van der Waals surface area (Å²) in [4.78, 5) is 23.4. The van der Waals surface area contributed by atoms with Gasteiger partial charge in [-0.15, -0.1) is 23.5 Å². The lowest BCUT2D eigenvalue weighted by molar-refractivity contribution is 0.00628. The SMILES string of the molecule is CN(C)CCc1oc(C2SCCCS2)nc1-c1nc(C(=O)OC(C)(C)C)co1. The fraction of sp³-hybridized carbons (Fsp3) is 0.632. The molecule has 2 aromatic rings. The number of rotatable bonds is 6. The van der Waals surface area contributed by atoms with Crippen LogP contribution in [0.5, 0.6) is 0 Å². The Labute approximate surface area is 174 Å². The van der Waals surface area contributed by atoms with Crippen molar-refractivity contribution >= 4 is 29.5 Å². The van der Waals surface area contributed by atoms with Gasteiger partial charge < -0.3 is 18.5 Å². The Morgan fingerprint density at radius 3 is 2.64 bits per heavy atom. The standard InChI is InChI=1S/C19H27N3O4S2/c1-19(2,3)26-17(23)12-11-24-15(20-12)14-13(7-8-22(4)5)25-16(21-14)18-27-9-6-10-28-18/h11,18H,6-10H2,1-5H3. The van der Waals surface area contributed by atoms with Gasteiger partial charge in [0.2, 0.25) is 11.8 Å². The predicted molar refractivity (Wildman–Crippen MR) is 112 cm³/mol. The van der Waals surface area contributed by atoms with Crippen molar-refractivity contribution in [2.24, 2.45) is 0 Å². The molecule has 0 N–H and O–H groups in total. The van der Waals surface area contributed by atoms with Gasteiger partial charge in [0, 0.05) is 13.0 Å². The molecule has 9 heteroatoms. The molecule has 1 aliphatic heterocycles. The zero-order chi connectivity index (χ0) is 20.3. The summed E-state index contributed by atoms with van der Waals surface area (Å²) in [7, 11) is 4.02. The molecule has 1 aliphatic rings. The first-order valence-corrected chi connectivity index (χ1v) is 11.4. The highest BCUT2D eigenvalue weighted by molar-refractivity contribution is 8.16. The van der Waals surface area contributed by atoms with Crippen LogP contribution in [0, 0.1) is 0 Å². The van der Waals surface area contributed by atoms with E-state index in [9.17, 15) is 4.79 Å². The molecule has 2 aromatic heterocycles. The van der Waals surface area contributed by atoms with Crippen molar-refractivity contribution in [3.8, 4) is 11.6 Å². The van der Waals surface area contributed by atoms with Gasteiger partial charge in [0.15, 0.2) is 11.4 Å². The molecule has 0 atom stereocenters. The summed E-state index contributed by atoms with van der Waals surface area (Å²) in [6, 6.07) is 0. The Morgan fingerprint density at radius 2 is 2.00 bits per heavy atom. The van der Waals surface area contributed by atoms with E-state index >= 15 is 0 Å². The van der Waals surface area contributed by atoms with Crippen molar-refractivity contribution < 1.29 is 18.4 Å². The number of thioether (sulfide) groups is 2. The van der Waals surface area contributed by atoms with Crippen molar-refractivity contribution in [3.05, 3.63) is 23.6 Å². The van der Waals surface area contributed by atoms with Crippen molar-refractivity contribution in [1.29, 1.82) is 0 Å². The summed E-state index contributed by atoms with van der Waals surface area (Å²) in [6.07, 6.45) is 3.20. The maximum atomic E-state index is 12.3. The highest BCUT2D eigenvalue weighted by Crippen LogP contribution is 2.44. The van der Waals surface area contributed by atoms with Crippen LogP contribution in [0.3, 0.4) is 0 Å². The minimum Gasteiger partial charge on any atom is -0.455 e. The van der Waals surface area contributed by atoms with Crippen LogP contribution in [0.25, 0.3) is 11.6 Å². The second-order valence-electron chi connectivity index (χ2n) is 7.84. The first-order valence-electron chi connectivity index (χ1n) is 9.30. The van der Waals surface area contributed by atoms with Crippen molar-refractivity contribution in [2.45, 2.75) is 43.8 Å². The lowest BCUT2D eigenvalue weighted by Gasteiger charge is -2.18. The third-order valence-electron chi connectivity index (χ3n) is 3.84. The topological polar surface area (TPSA) is 81.6 Å². The molecule has 0 bridgehead atoms. The average molecular weight is 426 g/mol. The van der Waals surface area contributed by atoms with Crippen LogP contribution in [0.15, 0.2) is 15.1 Å². The Bertz CT molecular complexity index is 804. The minimum absolute atomic E-state index is 0.134. The van der Waals surface area contributed by atoms with Crippen LogP contribution in [0.1, 0.15) is 53.9 Å². The van der Waals surface area contributed by atoms with E-state index in [1.807, 2.05) is 58.4 Å². The molecule has 0 radical (unpaired) electrons. The Balaban J connectivity index is 1.86. The summed E-state index contributed by atoms with van der Waals surface area (Å²) in [5, 5.41) is 0. The number of likely N-dealkylation sites (N-methyl/N-ethyl adjacent to an activating group) is 1. The van der Waals surface area contributed by atoms with Crippen LogP contribution in [0.4, 0.5) is 0 Å². The predicted octanol–water partition coefficient (Wildman–Crippen LogP) is 4.26. The van der Waals surface area contributed by atoms with Crippen LogP contribution in [0.2, 0.25) is 0 Å². The summed E-state index contributed by atoms with van der Waals surface area (Å²) in [6.45, 7) is 6.25. The van der Waals surface area contributed by atoms with Gasteiger partial charge in [0.1, 0.15) is 22.2 Å². The van der Waals surface area contributed by atoms with Gasteiger partial charge in [-0.1, -0.05) is 0 Å². The maximum Gasteiger partial charge on any atom is 0.360 e. The molecule has 28 heavy (non-hydrogen) atoms. The fourth-order valence-electron chi connectivity index (χ4n) is 2.57. The lowest BCUT2D eigenvalue weighted by Crippen LogP contribution is -2.24. The number of carbonyl (C=O) groups excluding carboxylic acids is 1. The molecule has 154 valence electrons. The highest BCUT2D eigenvalue weighted by atomic mass is 32.2. The van der Waals surface area contributed by atoms with E-state index in [1.54, 1.807) is 0 Å². The Hall–Kier alpha value is -1.45. The van der Waals surface area contributed by atoms with E-state index < -0.39 is 11.6 Å². The number of hydrogen-bond donors (Lipinski definition) is 0. The van der Waals surface area contributed by atoms with Crippen LogP contribution in [-0.2, 0) is 11.2 Å². The van der Waals surface area contributed by atoms with Gasteiger partial charge in [-0.3, -0.25) is 0 Å². The zero-order valence-electron chi connectivity index (χ0n) is 17.0. The summed E-state index contributed by atoms with van der Waals surface area (Å²) >= 11 is 3.69. The van der Waals surface area contributed by atoms with Crippen molar-refractivity contribution in [3.63, 3.8) is 0 Å². The third kappa shape index (κ3) is 5.55. The van der Waals surface area contributed by atoms with Gasteiger partial charge in [0.25, 0.3) is 0 Å². The number of aromatic nitrogens is 2. The van der Waals surface area contributed by atoms with E-state index in [0.29, 0.717) is 18.0 Å². The molecule has 0 aromatic carbocycles. The molecule has 0 aliphatic carbocycles. The number of nitrogens with zero attached hydrogens (tertiary/aromatic N) is 3. The average Bonchev–Trinajstić information content (AvgIpc) is 3.26. The smallest absolute Gasteiger partial charge is 0.360 e. The molecule has 0 saturated carbocycles. The first kappa shape index (κ1) is 21.3. The minimum atomic E-state index is -0.594. The van der Waals surface area contributed by atoms with E-state index in [1.165, 1.54) is 12.7 Å². The molecule has 1 fully saturated rings. The Kier molecular flexibility index (Phi) is 6.77. The third-order valence-corrected chi connectivity index (χ3v) is 6.72. The second-order valence-corrected chi connectivity index (χ2v) is 10.6. The largest absolute Gasteiger partial charge is 0.455 e. The molecule has 3 rings (SSSR count). The number of carbonyl (C=O) groups is 1. The van der Waals surface area contributed by atoms with Gasteiger partial charge in [0.05, 0.1) is 0 Å². The molecule has 1 saturated heterocycles. The molecule has 0 amide bonds. The van der Waals surface area contributed by atoms with Gasteiger partial charge in [-0.05, 0) is 52.8 Å². The molecule has 0 spiro atoms. The second kappa shape index (κ2) is 8.92. The fourth-order valence-corrected chi connectivity index (χ4v) is 5.25. The molecular formula is C19H27N3O4S2. The Morgan fingerprint density at radius 1 is 1.29 bits per heavy atom. The van der Waals surface area contributed by atoms with Crippen molar-refractivity contribution in [2.75, 3.05) is 32.1 Å².